The fourth-order valence-corrected chi connectivity index (χ4v) is 3.12. The number of aromatic nitrogens is 3. The summed E-state index contributed by atoms with van der Waals surface area (Å²) in [6, 6.07) is 3.86. The molecular formula is C16H20ClFN4OS. The van der Waals surface area contributed by atoms with Crippen molar-refractivity contribution in [3.63, 3.8) is 0 Å². The Morgan fingerprint density at radius 3 is 2.96 bits per heavy atom. The Bertz CT molecular complexity index is 694. The third-order valence-corrected chi connectivity index (χ3v) is 4.83. The molecule has 1 N–H and O–H groups in total. The highest BCUT2D eigenvalue weighted by atomic mass is 35.5. The molecule has 0 bridgehead atoms. The molecule has 0 aliphatic carbocycles. The van der Waals surface area contributed by atoms with Crippen LogP contribution in [0.25, 0.3) is 0 Å². The topological polar surface area (TPSA) is 59.8 Å². The molecule has 130 valence electrons. The number of amides is 1. The van der Waals surface area contributed by atoms with Crippen LogP contribution in [0, 0.1) is 5.82 Å². The number of nitrogens with one attached hydrogen (secondary N) is 1. The lowest BCUT2D eigenvalue weighted by atomic mass is 10.2. The Morgan fingerprint density at radius 2 is 2.25 bits per heavy atom. The molecule has 0 aliphatic rings. The molecule has 24 heavy (non-hydrogen) atoms. The predicted molar refractivity (Wildman–Crippen MR) is 94.9 cm³/mol. The Balaban J connectivity index is 1.95. The number of aryl methyl sites for hydroxylation is 1. The van der Waals surface area contributed by atoms with E-state index in [1.165, 1.54) is 30.0 Å². The number of hydrogen-bond acceptors (Lipinski definition) is 4. The van der Waals surface area contributed by atoms with Crippen LogP contribution >= 0.6 is 23.4 Å². The van der Waals surface area contributed by atoms with Crippen LogP contribution in [0.3, 0.4) is 0 Å². The predicted octanol–water partition coefficient (Wildman–Crippen LogP) is 4.38. The second kappa shape index (κ2) is 9.03. The van der Waals surface area contributed by atoms with E-state index in [-0.39, 0.29) is 16.2 Å². The number of benzene rings is 1. The second-order valence-electron chi connectivity index (χ2n) is 5.39. The molecule has 0 aliphatic heterocycles. The van der Waals surface area contributed by atoms with Gasteiger partial charge in [-0.05, 0) is 31.5 Å². The van der Waals surface area contributed by atoms with Gasteiger partial charge in [0.2, 0.25) is 5.91 Å². The first-order valence-corrected chi connectivity index (χ1v) is 9.07. The molecule has 8 heteroatoms. The van der Waals surface area contributed by atoms with Gasteiger partial charge in [0, 0.05) is 6.54 Å². The van der Waals surface area contributed by atoms with E-state index in [0.29, 0.717) is 10.8 Å². The minimum absolute atomic E-state index is 0.170. The molecule has 0 fully saturated rings. The summed E-state index contributed by atoms with van der Waals surface area (Å²) in [6.07, 6.45) is 5.01. The first kappa shape index (κ1) is 18.7. The normalized spacial score (nSPS) is 12.2. The highest BCUT2D eigenvalue weighted by Gasteiger charge is 2.19. The van der Waals surface area contributed by atoms with Crippen molar-refractivity contribution in [3.05, 3.63) is 35.4 Å². The van der Waals surface area contributed by atoms with E-state index in [4.69, 9.17) is 11.6 Å². The van der Waals surface area contributed by atoms with Crippen LogP contribution in [0.4, 0.5) is 10.1 Å². The van der Waals surface area contributed by atoms with Gasteiger partial charge in [-0.25, -0.2) is 4.39 Å². The van der Waals surface area contributed by atoms with E-state index in [9.17, 15) is 9.18 Å². The summed E-state index contributed by atoms with van der Waals surface area (Å²) in [7, 11) is 0. The second-order valence-corrected chi connectivity index (χ2v) is 7.10. The van der Waals surface area contributed by atoms with Gasteiger partial charge in [0.15, 0.2) is 5.16 Å². The zero-order valence-electron chi connectivity index (χ0n) is 13.6. The van der Waals surface area contributed by atoms with Crippen LogP contribution in [0.15, 0.2) is 29.7 Å². The smallest absolute Gasteiger partial charge is 0.237 e. The Hall–Kier alpha value is -1.60. The van der Waals surface area contributed by atoms with Crippen molar-refractivity contribution in [1.82, 2.24) is 14.8 Å². The number of carbonyl (C=O) groups is 1. The lowest BCUT2D eigenvalue weighted by Crippen LogP contribution is -2.23. The fourth-order valence-electron chi connectivity index (χ4n) is 2.06. The van der Waals surface area contributed by atoms with Gasteiger partial charge >= 0.3 is 0 Å². The molecule has 1 aromatic carbocycles. The van der Waals surface area contributed by atoms with Crippen LogP contribution in [0.5, 0.6) is 0 Å². The average Bonchev–Trinajstić information content (AvgIpc) is 2.97. The first-order chi connectivity index (χ1) is 11.5. The number of rotatable bonds is 8. The van der Waals surface area contributed by atoms with Gasteiger partial charge in [0.05, 0.1) is 16.0 Å². The van der Waals surface area contributed by atoms with Crippen molar-refractivity contribution < 1.29 is 9.18 Å². The van der Waals surface area contributed by atoms with Crippen LogP contribution < -0.4 is 5.32 Å². The van der Waals surface area contributed by atoms with Crippen LogP contribution in [0.1, 0.15) is 33.1 Å². The maximum Gasteiger partial charge on any atom is 0.237 e. The fraction of sp³-hybridized carbons (Fsp3) is 0.438. The van der Waals surface area contributed by atoms with E-state index in [0.717, 1.165) is 25.8 Å². The monoisotopic (exact) mass is 370 g/mol. The summed E-state index contributed by atoms with van der Waals surface area (Å²) < 4.78 is 15.0. The summed E-state index contributed by atoms with van der Waals surface area (Å²) in [5, 5.41) is 11.2. The van der Waals surface area contributed by atoms with Crippen LogP contribution in [-0.2, 0) is 11.3 Å². The molecular weight excluding hydrogens is 351 g/mol. The quantitative estimate of drug-likeness (QED) is 0.553. The first-order valence-electron chi connectivity index (χ1n) is 7.81. The van der Waals surface area contributed by atoms with Gasteiger partial charge in [-0.3, -0.25) is 4.79 Å². The minimum Gasteiger partial charge on any atom is -0.324 e. The molecule has 2 aromatic rings. The minimum atomic E-state index is -0.444. The van der Waals surface area contributed by atoms with Crippen molar-refractivity contribution >= 4 is 35.0 Å². The third-order valence-electron chi connectivity index (χ3n) is 3.42. The van der Waals surface area contributed by atoms with E-state index in [2.05, 4.69) is 22.4 Å². The van der Waals surface area contributed by atoms with Crippen LogP contribution in [-0.4, -0.2) is 25.9 Å². The summed E-state index contributed by atoms with van der Waals surface area (Å²) in [5.74, 6) is -0.669. The van der Waals surface area contributed by atoms with Crippen molar-refractivity contribution in [1.29, 1.82) is 0 Å². The summed E-state index contributed by atoms with van der Waals surface area (Å²) in [6.45, 7) is 4.76. The Kier molecular flexibility index (Phi) is 7.05. The summed E-state index contributed by atoms with van der Waals surface area (Å²) in [4.78, 5) is 12.3. The maximum atomic E-state index is 13.0. The molecule has 5 nitrogen and oxygen atoms in total. The van der Waals surface area contributed by atoms with Crippen molar-refractivity contribution in [2.45, 2.75) is 50.1 Å². The van der Waals surface area contributed by atoms with Gasteiger partial charge in [0.1, 0.15) is 12.1 Å². The van der Waals surface area contributed by atoms with E-state index in [1.54, 1.807) is 13.3 Å². The van der Waals surface area contributed by atoms with E-state index in [1.807, 2.05) is 4.57 Å². The SMILES string of the molecule is CCCCCn1cnnc1S[C@@H](C)C(=O)Nc1ccc(F)cc1Cl. The molecule has 1 heterocycles. The van der Waals surface area contributed by atoms with Gasteiger partial charge in [-0.1, -0.05) is 43.1 Å². The molecule has 2 rings (SSSR count). The molecule has 0 saturated carbocycles. The Morgan fingerprint density at radius 1 is 1.46 bits per heavy atom. The van der Waals surface area contributed by atoms with Gasteiger partial charge in [-0.15, -0.1) is 10.2 Å². The molecule has 0 radical (unpaired) electrons. The number of carbonyl (C=O) groups excluding carboxylic acids is 1. The van der Waals surface area contributed by atoms with Crippen LogP contribution in [0.2, 0.25) is 5.02 Å². The molecule has 0 unspecified atom stereocenters. The highest BCUT2D eigenvalue weighted by Crippen LogP contribution is 2.26. The molecule has 1 aromatic heterocycles. The standard InChI is InChI=1S/C16H20ClFN4OS/c1-3-4-5-8-22-10-19-21-16(22)24-11(2)15(23)20-14-7-6-12(18)9-13(14)17/h6-7,9-11H,3-5,8H2,1-2H3,(H,20,23)/t11-/m0/s1. The number of halogens is 2. The summed E-state index contributed by atoms with van der Waals surface area (Å²) >= 11 is 7.26. The van der Waals surface area contributed by atoms with Gasteiger partial charge in [-0.2, -0.15) is 0 Å². The molecule has 1 amide bonds. The largest absolute Gasteiger partial charge is 0.324 e. The number of thioether (sulfide) groups is 1. The lowest BCUT2D eigenvalue weighted by Gasteiger charge is -2.13. The van der Waals surface area contributed by atoms with Gasteiger partial charge in [0.25, 0.3) is 0 Å². The zero-order chi connectivity index (χ0) is 17.5. The average molecular weight is 371 g/mol. The highest BCUT2D eigenvalue weighted by molar-refractivity contribution is 8.00. The lowest BCUT2D eigenvalue weighted by molar-refractivity contribution is -0.115. The number of unbranched alkanes of at least 4 members (excludes halogenated alkanes) is 2. The van der Waals surface area contributed by atoms with E-state index < -0.39 is 5.82 Å². The molecule has 1 atom stereocenters. The number of hydrogen-bond donors (Lipinski definition) is 1. The van der Waals surface area contributed by atoms with Gasteiger partial charge < -0.3 is 9.88 Å². The van der Waals surface area contributed by atoms with Crippen molar-refractivity contribution in [3.8, 4) is 0 Å². The van der Waals surface area contributed by atoms with Crippen molar-refractivity contribution in [2.75, 3.05) is 5.32 Å². The van der Waals surface area contributed by atoms with E-state index >= 15 is 0 Å². The maximum absolute atomic E-state index is 13.0. The molecule has 0 saturated heterocycles. The third kappa shape index (κ3) is 5.21. The number of nitrogens with zero attached hydrogens (tertiary/aromatic N) is 3. The zero-order valence-corrected chi connectivity index (χ0v) is 15.2. The number of anilines is 1. The Labute approximate surface area is 150 Å². The molecule has 0 spiro atoms. The summed E-state index contributed by atoms with van der Waals surface area (Å²) in [5.41, 5.74) is 0.389. The van der Waals surface area contributed by atoms with Crippen molar-refractivity contribution in [2.24, 2.45) is 0 Å².